The van der Waals surface area contributed by atoms with Gasteiger partial charge in [-0.3, -0.25) is 4.90 Å². The molecule has 8 heteroatoms. The number of carbonyl (C=O) groups excluding carboxylic acids is 1. The maximum absolute atomic E-state index is 12.8. The Balaban J connectivity index is 1.71. The Bertz CT molecular complexity index is 593. The molecular weight excluding hydrogens is 319 g/mol. The lowest BCUT2D eigenvalue weighted by atomic mass is 10.1. The van der Waals surface area contributed by atoms with E-state index in [0.29, 0.717) is 38.3 Å². The number of fused-ring (bicyclic) bond motifs is 1. The normalized spacial score (nSPS) is 22.6. The highest BCUT2D eigenvalue weighted by atomic mass is 35.5. The predicted octanol–water partition coefficient (Wildman–Crippen LogP) is 2.57. The van der Waals surface area contributed by atoms with Crippen LogP contribution in [-0.4, -0.2) is 48.1 Å². The minimum atomic E-state index is -4.40. The predicted molar refractivity (Wildman–Crippen MR) is 75.6 cm³/mol. The van der Waals surface area contributed by atoms with Crippen LogP contribution in [0.4, 0.5) is 18.0 Å². The summed E-state index contributed by atoms with van der Waals surface area (Å²) in [6.07, 6.45) is -4.40. The van der Waals surface area contributed by atoms with Gasteiger partial charge in [-0.2, -0.15) is 13.2 Å². The lowest BCUT2D eigenvalue weighted by molar-refractivity contribution is -0.137. The number of nitrogens with zero attached hydrogens (tertiary/aromatic N) is 2. The van der Waals surface area contributed by atoms with Crippen molar-refractivity contribution in [3.63, 3.8) is 0 Å². The summed E-state index contributed by atoms with van der Waals surface area (Å²) in [5.41, 5.74) is -0.197. The third-order valence-corrected chi connectivity index (χ3v) is 4.23. The second kappa shape index (κ2) is 5.62. The fourth-order valence-electron chi connectivity index (χ4n) is 2.98. The van der Waals surface area contributed by atoms with Gasteiger partial charge in [0.1, 0.15) is 0 Å². The molecule has 0 radical (unpaired) electrons. The SMILES string of the molecule is O=C1NCC2CN(Cc3cc(Cl)cc(C(F)(F)F)c3)CCN12. The highest BCUT2D eigenvalue weighted by Crippen LogP contribution is 2.32. The van der Waals surface area contributed by atoms with Gasteiger partial charge in [-0.25, -0.2) is 4.79 Å². The molecule has 2 aliphatic heterocycles. The van der Waals surface area contributed by atoms with Crippen molar-refractivity contribution < 1.29 is 18.0 Å². The van der Waals surface area contributed by atoms with Gasteiger partial charge in [0.2, 0.25) is 0 Å². The third-order valence-electron chi connectivity index (χ3n) is 4.01. The summed E-state index contributed by atoms with van der Waals surface area (Å²) in [5, 5.41) is 2.86. The van der Waals surface area contributed by atoms with Crippen LogP contribution in [-0.2, 0) is 12.7 Å². The van der Waals surface area contributed by atoms with Crippen LogP contribution >= 0.6 is 11.6 Å². The van der Waals surface area contributed by atoms with E-state index in [1.54, 1.807) is 11.0 Å². The monoisotopic (exact) mass is 333 g/mol. The minimum absolute atomic E-state index is 0.0632. The van der Waals surface area contributed by atoms with Gasteiger partial charge in [-0.1, -0.05) is 11.6 Å². The van der Waals surface area contributed by atoms with Crippen molar-refractivity contribution in [3.05, 3.63) is 34.3 Å². The molecule has 1 N–H and O–H groups in total. The molecule has 1 aromatic rings. The fourth-order valence-corrected chi connectivity index (χ4v) is 3.23. The number of carbonyl (C=O) groups is 1. The molecule has 1 aromatic carbocycles. The van der Waals surface area contributed by atoms with Gasteiger partial charge in [0.25, 0.3) is 0 Å². The molecule has 0 aromatic heterocycles. The lowest BCUT2D eigenvalue weighted by Gasteiger charge is -2.36. The number of rotatable bonds is 2. The molecule has 2 aliphatic rings. The van der Waals surface area contributed by atoms with E-state index in [-0.39, 0.29) is 17.1 Å². The topological polar surface area (TPSA) is 35.6 Å². The molecule has 0 saturated carbocycles. The molecule has 1 unspecified atom stereocenters. The van der Waals surface area contributed by atoms with Gasteiger partial charge >= 0.3 is 12.2 Å². The zero-order valence-electron chi connectivity index (χ0n) is 11.7. The van der Waals surface area contributed by atoms with Gasteiger partial charge in [0, 0.05) is 37.7 Å². The molecule has 3 rings (SSSR count). The van der Waals surface area contributed by atoms with Crippen LogP contribution in [0.2, 0.25) is 5.02 Å². The molecule has 2 fully saturated rings. The van der Waals surface area contributed by atoms with E-state index in [2.05, 4.69) is 5.32 Å². The van der Waals surface area contributed by atoms with Gasteiger partial charge in [0.15, 0.2) is 0 Å². The number of hydrogen-bond acceptors (Lipinski definition) is 2. The highest BCUT2D eigenvalue weighted by molar-refractivity contribution is 6.30. The molecule has 2 amide bonds. The molecule has 2 saturated heterocycles. The van der Waals surface area contributed by atoms with Crippen LogP contribution in [0.25, 0.3) is 0 Å². The van der Waals surface area contributed by atoms with E-state index >= 15 is 0 Å². The number of piperazine rings is 1. The molecule has 0 aliphatic carbocycles. The number of halogens is 4. The fraction of sp³-hybridized carbons (Fsp3) is 0.500. The molecule has 22 heavy (non-hydrogen) atoms. The first-order valence-electron chi connectivity index (χ1n) is 6.96. The first-order valence-corrected chi connectivity index (χ1v) is 7.34. The summed E-state index contributed by atoms with van der Waals surface area (Å²) < 4.78 is 38.5. The van der Waals surface area contributed by atoms with Gasteiger partial charge in [-0.05, 0) is 23.8 Å². The van der Waals surface area contributed by atoms with E-state index in [4.69, 9.17) is 11.6 Å². The maximum atomic E-state index is 12.8. The summed E-state index contributed by atoms with van der Waals surface area (Å²) in [6.45, 7) is 2.84. The molecule has 0 bridgehead atoms. The maximum Gasteiger partial charge on any atom is 0.416 e. The Hall–Kier alpha value is -1.47. The van der Waals surface area contributed by atoms with E-state index in [0.717, 1.165) is 12.1 Å². The summed E-state index contributed by atoms with van der Waals surface area (Å²) in [4.78, 5) is 15.3. The van der Waals surface area contributed by atoms with E-state index in [1.165, 1.54) is 0 Å². The molecule has 0 spiro atoms. The average Bonchev–Trinajstić information content (AvgIpc) is 2.78. The van der Waals surface area contributed by atoms with Crippen molar-refractivity contribution in [3.8, 4) is 0 Å². The summed E-state index contributed by atoms with van der Waals surface area (Å²) in [7, 11) is 0. The Kier molecular flexibility index (Phi) is 3.94. The first-order chi connectivity index (χ1) is 10.3. The van der Waals surface area contributed by atoms with Crippen molar-refractivity contribution in [2.24, 2.45) is 0 Å². The van der Waals surface area contributed by atoms with Crippen LogP contribution in [0.5, 0.6) is 0 Å². The van der Waals surface area contributed by atoms with Crippen molar-refractivity contribution >= 4 is 17.6 Å². The Morgan fingerprint density at radius 1 is 1.27 bits per heavy atom. The van der Waals surface area contributed by atoms with Crippen molar-refractivity contribution in [1.82, 2.24) is 15.1 Å². The molecular formula is C14H15ClF3N3O. The zero-order chi connectivity index (χ0) is 15.9. The summed E-state index contributed by atoms with van der Waals surface area (Å²) in [6, 6.07) is 3.65. The van der Waals surface area contributed by atoms with E-state index < -0.39 is 11.7 Å². The van der Waals surface area contributed by atoms with Crippen LogP contribution in [0.1, 0.15) is 11.1 Å². The average molecular weight is 334 g/mol. The van der Waals surface area contributed by atoms with Gasteiger partial charge in [0.05, 0.1) is 11.6 Å². The second-order valence-corrected chi connectivity index (χ2v) is 6.05. The standard InChI is InChI=1S/C14H15ClF3N3O/c15-11-4-9(3-10(5-11)14(16,17)18)7-20-1-2-21-12(8-20)6-19-13(21)22/h3-5,12H,1-2,6-8H2,(H,19,22). The van der Waals surface area contributed by atoms with Crippen LogP contribution in [0, 0.1) is 0 Å². The number of alkyl halides is 3. The number of hydrogen-bond donors (Lipinski definition) is 1. The molecule has 4 nitrogen and oxygen atoms in total. The van der Waals surface area contributed by atoms with Crippen molar-refractivity contribution in [2.45, 2.75) is 18.8 Å². The Labute approximate surface area is 130 Å². The smallest absolute Gasteiger partial charge is 0.336 e. The number of benzene rings is 1. The van der Waals surface area contributed by atoms with Crippen molar-refractivity contribution in [2.75, 3.05) is 26.2 Å². The van der Waals surface area contributed by atoms with E-state index in [9.17, 15) is 18.0 Å². The lowest BCUT2D eigenvalue weighted by Crippen LogP contribution is -2.51. The van der Waals surface area contributed by atoms with Crippen LogP contribution < -0.4 is 5.32 Å². The van der Waals surface area contributed by atoms with Crippen LogP contribution in [0.3, 0.4) is 0 Å². The van der Waals surface area contributed by atoms with Crippen LogP contribution in [0.15, 0.2) is 18.2 Å². The molecule has 1 atom stereocenters. The Morgan fingerprint density at radius 2 is 2.05 bits per heavy atom. The quantitative estimate of drug-likeness (QED) is 0.903. The largest absolute Gasteiger partial charge is 0.416 e. The van der Waals surface area contributed by atoms with E-state index in [1.807, 2.05) is 4.90 Å². The zero-order valence-corrected chi connectivity index (χ0v) is 12.4. The minimum Gasteiger partial charge on any atom is -0.336 e. The molecule has 120 valence electrons. The Morgan fingerprint density at radius 3 is 2.77 bits per heavy atom. The second-order valence-electron chi connectivity index (χ2n) is 5.61. The first kappa shape index (κ1) is 15.4. The molecule has 2 heterocycles. The van der Waals surface area contributed by atoms with Gasteiger partial charge in [-0.15, -0.1) is 0 Å². The number of urea groups is 1. The number of amides is 2. The third kappa shape index (κ3) is 3.15. The number of nitrogens with one attached hydrogen (secondary N) is 1. The highest BCUT2D eigenvalue weighted by Gasteiger charge is 2.35. The summed E-state index contributed by atoms with van der Waals surface area (Å²) >= 11 is 5.80. The van der Waals surface area contributed by atoms with Crippen molar-refractivity contribution in [1.29, 1.82) is 0 Å². The van der Waals surface area contributed by atoms with Gasteiger partial charge < -0.3 is 10.2 Å². The summed E-state index contributed by atoms with van der Waals surface area (Å²) in [5.74, 6) is 0.